The molecule has 3 rings (SSSR count). The van der Waals surface area contributed by atoms with Gasteiger partial charge in [0.05, 0.1) is 11.9 Å². The van der Waals surface area contributed by atoms with Gasteiger partial charge < -0.3 is 4.90 Å². The van der Waals surface area contributed by atoms with Gasteiger partial charge in [-0.1, -0.05) is 0 Å². The van der Waals surface area contributed by atoms with Gasteiger partial charge in [0.15, 0.2) is 0 Å². The Balaban J connectivity index is 1.78. The van der Waals surface area contributed by atoms with Gasteiger partial charge in [-0.25, -0.2) is 0 Å². The summed E-state index contributed by atoms with van der Waals surface area (Å²) in [6.07, 6.45) is 1.93. The summed E-state index contributed by atoms with van der Waals surface area (Å²) in [6, 6.07) is 0. The molecule has 1 saturated heterocycles. The first-order chi connectivity index (χ1) is 9.69. The second-order valence-electron chi connectivity index (χ2n) is 4.95. The van der Waals surface area contributed by atoms with E-state index in [-0.39, 0.29) is 5.91 Å². The van der Waals surface area contributed by atoms with E-state index in [9.17, 15) is 4.79 Å². The topological polar surface area (TPSA) is 56.0 Å². The molecule has 0 unspecified atom stereocenters. The number of amides is 1. The Morgan fingerprint density at radius 2 is 2.10 bits per heavy atom. The minimum absolute atomic E-state index is 0.157. The molecule has 0 aromatic carbocycles. The minimum atomic E-state index is 0.157. The van der Waals surface area contributed by atoms with E-state index in [0.717, 1.165) is 47.9 Å². The summed E-state index contributed by atoms with van der Waals surface area (Å²) in [5, 5.41) is 8.92. The SMILES string of the molecule is CCn1nc(C)c2nn(CC(=O)N3CCSCC3)cc21. The molecule has 7 heteroatoms. The first-order valence-corrected chi connectivity index (χ1v) is 8.10. The van der Waals surface area contributed by atoms with Gasteiger partial charge in [0.1, 0.15) is 17.6 Å². The monoisotopic (exact) mass is 293 g/mol. The van der Waals surface area contributed by atoms with Gasteiger partial charge >= 0.3 is 0 Å². The minimum Gasteiger partial charge on any atom is -0.339 e. The molecule has 6 nitrogen and oxygen atoms in total. The highest BCUT2D eigenvalue weighted by molar-refractivity contribution is 7.99. The lowest BCUT2D eigenvalue weighted by Gasteiger charge is -2.26. The number of aryl methyl sites for hydroxylation is 2. The third kappa shape index (κ3) is 2.42. The summed E-state index contributed by atoms with van der Waals surface area (Å²) in [5.41, 5.74) is 2.82. The first-order valence-electron chi connectivity index (χ1n) is 6.95. The van der Waals surface area contributed by atoms with Crippen LogP contribution in [-0.4, -0.2) is 55.0 Å². The van der Waals surface area contributed by atoms with Crippen molar-refractivity contribution < 1.29 is 4.79 Å². The van der Waals surface area contributed by atoms with Gasteiger partial charge in [-0.2, -0.15) is 22.0 Å². The van der Waals surface area contributed by atoms with Crippen LogP contribution in [0.15, 0.2) is 6.20 Å². The highest BCUT2D eigenvalue weighted by Crippen LogP contribution is 2.16. The average Bonchev–Trinajstić information content (AvgIpc) is 3.00. The van der Waals surface area contributed by atoms with E-state index in [4.69, 9.17) is 0 Å². The van der Waals surface area contributed by atoms with Gasteiger partial charge in [-0.3, -0.25) is 14.2 Å². The summed E-state index contributed by atoms with van der Waals surface area (Å²) in [5.74, 6) is 2.23. The highest BCUT2D eigenvalue weighted by atomic mass is 32.2. The van der Waals surface area contributed by atoms with Crippen molar-refractivity contribution in [1.82, 2.24) is 24.5 Å². The summed E-state index contributed by atoms with van der Waals surface area (Å²) in [6.45, 7) is 6.85. The lowest BCUT2D eigenvalue weighted by Crippen LogP contribution is -2.39. The lowest BCUT2D eigenvalue weighted by atomic mass is 10.4. The van der Waals surface area contributed by atoms with Crippen LogP contribution in [0.25, 0.3) is 11.0 Å². The number of fused-ring (bicyclic) bond motifs is 1. The predicted molar refractivity (Wildman–Crippen MR) is 79.8 cm³/mol. The molecule has 0 radical (unpaired) electrons. The molecule has 3 heterocycles. The maximum Gasteiger partial charge on any atom is 0.244 e. The van der Waals surface area contributed by atoms with Gasteiger partial charge in [0, 0.05) is 31.1 Å². The maximum atomic E-state index is 12.2. The molecule has 1 aliphatic heterocycles. The fourth-order valence-corrected chi connectivity index (χ4v) is 3.42. The van der Waals surface area contributed by atoms with Crippen molar-refractivity contribution >= 4 is 28.7 Å². The van der Waals surface area contributed by atoms with Crippen LogP contribution in [0.3, 0.4) is 0 Å². The van der Waals surface area contributed by atoms with Gasteiger partial charge in [0.2, 0.25) is 5.91 Å². The third-order valence-electron chi connectivity index (χ3n) is 3.59. The summed E-state index contributed by atoms with van der Waals surface area (Å²) in [7, 11) is 0. The largest absolute Gasteiger partial charge is 0.339 e. The molecule has 0 saturated carbocycles. The number of hydrogen-bond acceptors (Lipinski definition) is 4. The molecular weight excluding hydrogens is 274 g/mol. The van der Waals surface area contributed by atoms with Crippen LogP contribution in [0.1, 0.15) is 12.6 Å². The van der Waals surface area contributed by atoms with Crippen LogP contribution in [0, 0.1) is 6.92 Å². The third-order valence-corrected chi connectivity index (χ3v) is 4.54. The number of carbonyl (C=O) groups excluding carboxylic acids is 1. The molecule has 2 aromatic rings. The second-order valence-corrected chi connectivity index (χ2v) is 6.18. The molecule has 108 valence electrons. The average molecular weight is 293 g/mol. The quantitative estimate of drug-likeness (QED) is 0.851. The molecule has 0 bridgehead atoms. The van der Waals surface area contributed by atoms with E-state index in [1.54, 1.807) is 4.68 Å². The molecule has 1 fully saturated rings. The fourth-order valence-electron chi connectivity index (χ4n) is 2.51. The van der Waals surface area contributed by atoms with E-state index >= 15 is 0 Å². The lowest BCUT2D eigenvalue weighted by molar-refractivity contribution is -0.131. The fraction of sp³-hybridized carbons (Fsp3) is 0.615. The zero-order valence-corrected chi connectivity index (χ0v) is 12.7. The molecule has 0 spiro atoms. The van der Waals surface area contributed by atoms with E-state index in [1.807, 2.05) is 34.5 Å². The molecule has 0 atom stereocenters. The van der Waals surface area contributed by atoms with Crippen molar-refractivity contribution in [2.45, 2.75) is 26.9 Å². The van der Waals surface area contributed by atoms with Gasteiger partial charge in [-0.05, 0) is 13.8 Å². The van der Waals surface area contributed by atoms with E-state index in [0.29, 0.717) is 6.54 Å². The molecule has 1 aliphatic rings. The normalized spacial score (nSPS) is 16.0. The van der Waals surface area contributed by atoms with Gasteiger partial charge in [-0.15, -0.1) is 0 Å². The van der Waals surface area contributed by atoms with E-state index in [1.165, 1.54) is 0 Å². The van der Waals surface area contributed by atoms with Crippen molar-refractivity contribution in [2.24, 2.45) is 0 Å². The Labute approximate surface area is 122 Å². The zero-order valence-electron chi connectivity index (χ0n) is 11.9. The van der Waals surface area contributed by atoms with Crippen LogP contribution in [0.2, 0.25) is 0 Å². The van der Waals surface area contributed by atoms with Crippen molar-refractivity contribution in [1.29, 1.82) is 0 Å². The number of aromatic nitrogens is 4. The van der Waals surface area contributed by atoms with Crippen molar-refractivity contribution in [3.05, 3.63) is 11.9 Å². The van der Waals surface area contributed by atoms with Gasteiger partial charge in [0.25, 0.3) is 0 Å². The van der Waals surface area contributed by atoms with Crippen LogP contribution in [0.4, 0.5) is 0 Å². The summed E-state index contributed by atoms with van der Waals surface area (Å²) < 4.78 is 3.67. The molecule has 20 heavy (non-hydrogen) atoms. The Hall–Kier alpha value is -1.50. The Bertz CT molecular complexity index is 626. The highest BCUT2D eigenvalue weighted by Gasteiger charge is 2.18. The summed E-state index contributed by atoms with van der Waals surface area (Å²) >= 11 is 1.91. The van der Waals surface area contributed by atoms with E-state index in [2.05, 4.69) is 17.1 Å². The molecule has 0 aliphatic carbocycles. The first kappa shape index (κ1) is 13.5. The standard InChI is InChI=1S/C13H19N5OS/c1-3-18-11-8-17(15-13(11)10(2)14-18)9-12(19)16-4-6-20-7-5-16/h8H,3-7,9H2,1-2H3. The molecule has 2 aromatic heterocycles. The van der Waals surface area contributed by atoms with Crippen molar-refractivity contribution in [3.8, 4) is 0 Å². The van der Waals surface area contributed by atoms with Crippen LogP contribution in [0.5, 0.6) is 0 Å². The van der Waals surface area contributed by atoms with Crippen LogP contribution in [-0.2, 0) is 17.9 Å². The summed E-state index contributed by atoms with van der Waals surface area (Å²) in [4.78, 5) is 14.2. The van der Waals surface area contributed by atoms with E-state index < -0.39 is 0 Å². The smallest absolute Gasteiger partial charge is 0.244 e. The Kier molecular flexibility index (Phi) is 3.69. The predicted octanol–water partition coefficient (Wildman–Crippen LogP) is 1.14. The zero-order chi connectivity index (χ0) is 14.1. The van der Waals surface area contributed by atoms with Crippen molar-refractivity contribution in [3.63, 3.8) is 0 Å². The number of rotatable bonds is 3. The second kappa shape index (κ2) is 5.47. The molecular formula is C13H19N5OS. The number of thioether (sulfide) groups is 1. The number of nitrogens with zero attached hydrogens (tertiary/aromatic N) is 5. The van der Waals surface area contributed by atoms with Crippen molar-refractivity contribution in [2.75, 3.05) is 24.6 Å². The van der Waals surface area contributed by atoms with Crippen LogP contribution < -0.4 is 0 Å². The maximum absolute atomic E-state index is 12.2. The Morgan fingerprint density at radius 3 is 2.80 bits per heavy atom. The van der Waals surface area contributed by atoms with Crippen LogP contribution >= 0.6 is 11.8 Å². The Morgan fingerprint density at radius 1 is 1.35 bits per heavy atom. The molecule has 1 amide bonds. The number of carbonyl (C=O) groups is 1. The molecule has 0 N–H and O–H groups in total. The number of hydrogen-bond donors (Lipinski definition) is 0.